The molecule has 0 amide bonds. The molecule has 3 rings (SSSR count). The molecule has 1 saturated heterocycles. The van der Waals surface area contributed by atoms with E-state index in [0.717, 1.165) is 19.3 Å². The number of rotatable bonds is 2. The minimum atomic E-state index is -3.62. The smallest absolute Gasteiger partial charge is 0.207 e. The monoisotopic (exact) mass is 361 g/mol. The lowest BCUT2D eigenvalue weighted by atomic mass is 9.65. The van der Waals surface area contributed by atoms with Gasteiger partial charge in [-0.15, -0.1) is 0 Å². The second-order valence-corrected chi connectivity index (χ2v) is 10.5. The van der Waals surface area contributed by atoms with Gasteiger partial charge in [0.2, 0.25) is 10.0 Å². The van der Waals surface area contributed by atoms with E-state index >= 15 is 0 Å². The van der Waals surface area contributed by atoms with Gasteiger partial charge in [-0.05, 0) is 42.2 Å². The fourth-order valence-corrected chi connectivity index (χ4v) is 7.01. The summed E-state index contributed by atoms with van der Waals surface area (Å²) in [6.45, 7) is 7.20. The van der Waals surface area contributed by atoms with Crippen molar-refractivity contribution in [2.24, 2.45) is 10.8 Å². The predicted octanol–water partition coefficient (Wildman–Crippen LogP) is 4.58. The topological polar surface area (TPSA) is 37.4 Å². The first-order chi connectivity index (χ1) is 10.0. The van der Waals surface area contributed by atoms with E-state index in [9.17, 15) is 8.42 Å². The molecule has 0 spiro atoms. The molecular formula is C16H21Cl2NO2S. The average Bonchev–Trinajstić information content (AvgIpc) is 2.62. The van der Waals surface area contributed by atoms with Crippen molar-refractivity contribution in [3.63, 3.8) is 0 Å². The number of fused-ring (bicyclic) bond motifs is 2. The number of sulfonamides is 1. The van der Waals surface area contributed by atoms with Crippen LogP contribution in [-0.4, -0.2) is 25.3 Å². The number of hydrogen-bond donors (Lipinski definition) is 0. The third kappa shape index (κ3) is 2.68. The standard InChI is InChI=1S/C16H21Cl2NO2S/c1-15(2)7-11-8-16(3,9-15)10-19(11)22(20,21)13-6-4-5-12(17)14(13)18/h4-6,11H,7-10H2,1-3H3/t11-,16+/m1/s1. The molecule has 2 aliphatic rings. The largest absolute Gasteiger partial charge is 0.244 e. The minimum absolute atomic E-state index is 0.0462. The van der Waals surface area contributed by atoms with Crippen molar-refractivity contribution < 1.29 is 8.42 Å². The molecule has 0 N–H and O–H groups in total. The second kappa shape index (κ2) is 5.10. The molecule has 0 radical (unpaired) electrons. The molecule has 2 atom stereocenters. The second-order valence-electron chi connectivity index (χ2n) is 7.82. The van der Waals surface area contributed by atoms with Crippen LogP contribution >= 0.6 is 23.2 Å². The molecule has 22 heavy (non-hydrogen) atoms. The van der Waals surface area contributed by atoms with Crippen molar-refractivity contribution in [2.75, 3.05) is 6.54 Å². The highest BCUT2D eigenvalue weighted by Crippen LogP contribution is 2.54. The first kappa shape index (κ1) is 16.6. The van der Waals surface area contributed by atoms with Crippen LogP contribution < -0.4 is 0 Å². The van der Waals surface area contributed by atoms with Crippen molar-refractivity contribution in [1.29, 1.82) is 0 Å². The Bertz CT molecular complexity index is 717. The van der Waals surface area contributed by atoms with E-state index in [1.807, 2.05) is 0 Å². The summed E-state index contributed by atoms with van der Waals surface area (Å²) in [5.41, 5.74) is 0.213. The van der Waals surface area contributed by atoms with Crippen LogP contribution in [0.5, 0.6) is 0 Å². The van der Waals surface area contributed by atoms with Crippen LogP contribution in [0.4, 0.5) is 0 Å². The van der Waals surface area contributed by atoms with Gasteiger partial charge in [0.05, 0.1) is 10.0 Å². The summed E-state index contributed by atoms with van der Waals surface area (Å²) in [7, 11) is -3.62. The Morgan fingerprint density at radius 2 is 1.86 bits per heavy atom. The van der Waals surface area contributed by atoms with Crippen LogP contribution in [0.3, 0.4) is 0 Å². The van der Waals surface area contributed by atoms with Gasteiger partial charge in [0.1, 0.15) is 4.90 Å². The summed E-state index contributed by atoms with van der Waals surface area (Å²) < 4.78 is 27.8. The molecule has 1 heterocycles. The Hall–Kier alpha value is -0.290. The zero-order chi connectivity index (χ0) is 16.3. The van der Waals surface area contributed by atoms with Crippen LogP contribution in [0.2, 0.25) is 10.0 Å². The van der Waals surface area contributed by atoms with E-state index in [1.165, 1.54) is 0 Å². The average molecular weight is 362 g/mol. The van der Waals surface area contributed by atoms with Gasteiger partial charge in [0.25, 0.3) is 0 Å². The van der Waals surface area contributed by atoms with Crippen LogP contribution in [0.15, 0.2) is 23.1 Å². The zero-order valence-electron chi connectivity index (χ0n) is 13.1. The first-order valence-corrected chi connectivity index (χ1v) is 9.70. The summed E-state index contributed by atoms with van der Waals surface area (Å²) in [6, 6.07) is 4.83. The predicted molar refractivity (Wildman–Crippen MR) is 89.9 cm³/mol. The molecule has 122 valence electrons. The van der Waals surface area contributed by atoms with Gasteiger partial charge in [-0.1, -0.05) is 50.0 Å². The van der Waals surface area contributed by atoms with Crippen LogP contribution in [0.1, 0.15) is 40.0 Å². The van der Waals surface area contributed by atoms with Gasteiger partial charge in [-0.25, -0.2) is 8.42 Å². The normalized spacial score (nSPS) is 31.4. The summed E-state index contributed by atoms with van der Waals surface area (Å²) in [6.07, 6.45) is 2.86. The van der Waals surface area contributed by atoms with Crippen LogP contribution in [-0.2, 0) is 10.0 Å². The van der Waals surface area contributed by atoms with Gasteiger partial charge in [-0.3, -0.25) is 0 Å². The molecule has 1 saturated carbocycles. The number of nitrogens with zero attached hydrogens (tertiary/aromatic N) is 1. The van der Waals surface area contributed by atoms with Gasteiger partial charge < -0.3 is 0 Å². The highest BCUT2D eigenvalue weighted by atomic mass is 35.5. The number of benzene rings is 1. The Balaban J connectivity index is 2.03. The fourth-order valence-electron chi connectivity index (χ4n) is 4.50. The third-order valence-corrected chi connectivity index (χ3v) is 7.74. The Kier molecular flexibility index (Phi) is 3.84. The highest BCUT2D eigenvalue weighted by molar-refractivity contribution is 7.89. The molecule has 3 nitrogen and oxygen atoms in total. The van der Waals surface area contributed by atoms with Crippen molar-refractivity contribution in [3.8, 4) is 0 Å². The maximum absolute atomic E-state index is 13.1. The molecule has 1 aromatic carbocycles. The van der Waals surface area contributed by atoms with E-state index in [2.05, 4.69) is 20.8 Å². The maximum atomic E-state index is 13.1. The lowest BCUT2D eigenvalue weighted by Gasteiger charge is -2.39. The molecule has 1 aromatic rings. The van der Waals surface area contributed by atoms with Gasteiger partial charge in [0.15, 0.2) is 0 Å². The third-order valence-electron chi connectivity index (χ3n) is 4.87. The molecule has 0 unspecified atom stereocenters. The van der Waals surface area contributed by atoms with E-state index in [1.54, 1.807) is 22.5 Å². The van der Waals surface area contributed by atoms with Crippen molar-refractivity contribution in [1.82, 2.24) is 4.31 Å². The van der Waals surface area contributed by atoms with E-state index in [4.69, 9.17) is 23.2 Å². The molecular weight excluding hydrogens is 341 g/mol. The van der Waals surface area contributed by atoms with Crippen LogP contribution in [0.25, 0.3) is 0 Å². The van der Waals surface area contributed by atoms with Gasteiger partial charge >= 0.3 is 0 Å². The fraction of sp³-hybridized carbons (Fsp3) is 0.625. The lowest BCUT2D eigenvalue weighted by Crippen LogP contribution is -2.37. The van der Waals surface area contributed by atoms with Gasteiger partial charge in [0, 0.05) is 12.6 Å². The quantitative estimate of drug-likeness (QED) is 0.772. The Morgan fingerprint density at radius 3 is 2.55 bits per heavy atom. The number of hydrogen-bond acceptors (Lipinski definition) is 2. The van der Waals surface area contributed by atoms with E-state index in [-0.39, 0.29) is 31.8 Å². The molecule has 1 aliphatic heterocycles. The first-order valence-electron chi connectivity index (χ1n) is 7.50. The van der Waals surface area contributed by atoms with Crippen LogP contribution in [0, 0.1) is 10.8 Å². The summed E-state index contributed by atoms with van der Waals surface area (Å²) in [5.74, 6) is 0. The zero-order valence-corrected chi connectivity index (χ0v) is 15.4. The molecule has 2 fully saturated rings. The summed E-state index contributed by atoms with van der Waals surface area (Å²) in [4.78, 5) is 0.121. The molecule has 6 heteroatoms. The minimum Gasteiger partial charge on any atom is -0.207 e. The Morgan fingerprint density at radius 1 is 1.18 bits per heavy atom. The van der Waals surface area contributed by atoms with Crippen molar-refractivity contribution >= 4 is 33.2 Å². The number of halogens is 2. The Labute approximate surface area is 142 Å². The van der Waals surface area contributed by atoms with E-state index in [0.29, 0.717) is 6.54 Å². The van der Waals surface area contributed by atoms with E-state index < -0.39 is 10.0 Å². The summed E-state index contributed by atoms with van der Waals surface area (Å²) in [5, 5.41) is 0.395. The summed E-state index contributed by atoms with van der Waals surface area (Å²) >= 11 is 12.1. The maximum Gasteiger partial charge on any atom is 0.244 e. The molecule has 1 aliphatic carbocycles. The highest BCUT2D eigenvalue weighted by Gasteiger charge is 2.53. The van der Waals surface area contributed by atoms with Crippen molar-refractivity contribution in [2.45, 2.75) is 51.0 Å². The lowest BCUT2D eigenvalue weighted by molar-refractivity contribution is 0.133. The van der Waals surface area contributed by atoms with Crippen molar-refractivity contribution in [3.05, 3.63) is 28.2 Å². The van der Waals surface area contributed by atoms with Gasteiger partial charge in [-0.2, -0.15) is 4.31 Å². The SMILES string of the molecule is CC1(C)C[C@@H]2C[C@](C)(CN2S(=O)(=O)c2cccc(Cl)c2Cl)C1. The molecule has 2 bridgehead atoms. The molecule has 0 aromatic heterocycles.